The second kappa shape index (κ2) is 4.97. The van der Waals surface area contributed by atoms with Crippen LogP contribution in [0.3, 0.4) is 0 Å². The quantitative estimate of drug-likeness (QED) is 0.661. The van der Waals surface area contributed by atoms with E-state index in [4.69, 9.17) is 11.6 Å². The molecule has 3 rings (SSSR count). The number of pyridine rings is 1. The molecule has 0 spiro atoms. The Morgan fingerprint density at radius 2 is 2.10 bits per heavy atom. The maximum Gasteiger partial charge on any atom is 0.161 e. The first kappa shape index (κ1) is 13.8. The number of aromatic nitrogens is 2. The Hall–Kier alpha value is -2.20. The lowest BCUT2D eigenvalue weighted by Gasteiger charge is -2.13. The van der Waals surface area contributed by atoms with Crippen LogP contribution < -0.4 is 0 Å². The van der Waals surface area contributed by atoms with Gasteiger partial charge < -0.3 is 0 Å². The normalized spacial score (nSPS) is 11.0. The predicted molar refractivity (Wildman–Crippen MR) is 80.3 cm³/mol. The van der Waals surface area contributed by atoms with E-state index in [1.54, 1.807) is 28.8 Å². The maximum atomic E-state index is 13.6. The molecule has 0 radical (unpaired) electrons. The summed E-state index contributed by atoms with van der Waals surface area (Å²) in [6.45, 7) is 3.28. The van der Waals surface area contributed by atoms with Gasteiger partial charge in [-0.2, -0.15) is 0 Å². The average molecular weight is 303 g/mol. The first-order chi connectivity index (χ1) is 9.99. The molecule has 0 saturated carbocycles. The molecular weight excluding hydrogens is 291 g/mol. The highest BCUT2D eigenvalue weighted by Crippen LogP contribution is 2.31. The van der Waals surface area contributed by atoms with E-state index >= 15 is 0 Å². The molecule has 0 saturated heterocycles. The van der Waals surface area contributed by atoms with Crippen LogP contribution in [0.1, 0.15) is 23.1 Å². The standard InChI is InChI=1S/C16H12ClFN2O/c1-9(21)13-7-14(17)15-8-19-10(2)20(15)16(13)11-4-3-5-12(18)6-11/h3-8H,1-2H3. The number of hydrogen-bond donors (Lipinski definition) is 0. The van der Waals surface area contributed by atoms with E-state index in [1.807, 2.05) is 6.92 Å². The Balaban J connectivity index is 2.49. The number of hydrogen-bond acceptors (Lipinski definition) is 2. The van der Waals surface area contributed by atoms with Crippen molar-refractivity contribution in [1.29, 1.82) is 0 Å². The largest absolute Gasteiger partial charge is 0.294 e. The fourth-order valence-electron chi connectivity index (χ4n) is 2.47. The van der Waals surface area contributed by atoms with Crippen LogP contribution in [-0.4, -0.2) is 15.2 Å². The summed E-state index contributed by atoms with van der Waals surface area (Å²) in [6.07, 6.45) is 1.64. The van der Waals surface area contributed by atoms with E-state index in [-0.39, 0.29) is 11.6 Å². The van der Waals surface area contributed by atoms with E-state index in [1.165, 1.54) is 19.1 Å². The highest BCUT2D eigenvalue weighted by atomic mass is 35.5. The van der Waals surface area contributed by atoms with E-state index in [9.17, 15) is 9.18 Å². The summed E-state index contributed by atoms with van der Waals surface area (Å²) in [5.41, 5.74) is 2.36. The minimum Gasteiger partial charge on any atom is -0.294 e. The van der Waals surface area contributed by atoms with Gasteiger partial charge in [-0.05, 0) is 32.0 Å². The molecular formula is C16H12ClFN2O. The summed E-state index contributed by atoms with van der Waals surface area (Å²) in [5.74, 6) is 0.197. The number of rotatable bonds is 2. The molecule has 0 fully saturated rings. The Labute approximate surface area is 126 Å². The third-order valence-corrected chi connectivity index (χ3v) is 3.71. The van der Waals surface area contributed by atoms with E-state index < -0.39 is 0 Å². The summed E-state index contributed by atoms with van der Waals surface area (Å²) >= 11 is 6.22. The number of fused-ring (bicyclic) bond motifs is 1. The van der Waals surface area contributed by atoms with Crippen molar-refractivity contribution in [2.75, 3.05) is 0 Å². The van der Waals surface area contributed by atoms with Crippen LogP contribution in [0.25, 0.3) is 16.8 Å². The van der Waals surface area contributed by atoms with Crippen molar-refractivity contribution in [2.45, 2.75) is 13.8 Å². The van der Waals surface area contributed by atoms with Gasteiger partial charge in [0, 0.05) is 11.1 Å². The van der Waals surface area contributed by atoms with Gasteiger partial charge in [-0.3, -0.25) is 9.20 Å². The zero-order chi connectivity index (χ0) is 15.1. The molecule has 21 heavy (non-hydrogen) atoms. The minimum absolute atomic E-state index is 0.133. The Morgan fingerprint density at radius 3 is 2.76 bits per heavy atom. The highest BCUT2D eigenvalue weighted by Gasteiger charge is 2.18. The molecule has 0 unspecified atom stereocenters. The zero-order valence-electron chi connectivity index (χ0n) is 11.5. The third kappa shape index (κ3) is 2.21. The molecule has 2 heterocycles. The molecule has 106 valence electrons. The number of halogens is 2. The molecule has 2 aromatic heterocycles. The van der Waals surface area contributed by atoms with Gasteiger partial charge in [0.15, 0.2) is 5.78 Å². The van der Waals surface area contributed by atoms with Gasteiger partial charge in [0.25, 0.3) is 0 Å². The molecule has 0 atom stereocenters. The number of carbonyl (C=O) groups excluding carboxylic acids is 1. The minimum atomic E-state index is -0.358. The van der Waals surface area contributed by atoms with Gasteiger partial charge in [0.1, 0.15) is 11.6 Å². The number of aryl methyl sites for hydroxylation is 1. The maximum absolute atomic E-state index is 13.6. The SMILES string of the molecule is CC(=O)c1cc(Cl)c2cnc(C)n2c1-c1cccc(F)c1. The van der Waals surface area contributed by atoms with Gasteiger partial charge in [-0.1, -0.05) is 23.7 Å². The molecule has 0 amide bonds. The predicted octanol–water partition coefficient (Wildman–Crippen LogP) is 4.30. The highest BCUT2D eigenvalue weighted by molar-refractivity contribution is 6.34. The molecule has 0 aliphatic rings. The van der Waals surface area contributed by atoms with Crippen molar-refractivity contribution >= 4 is 22.9 Å². The second-order valence-electron chi connectivity index (χ2n) is 4.85. The Morgan fingerprint density at radius 1 is 1.33 bits per heavy atom. The van der Waals surface area contributed by atoms with Crippen LogP contribution in [0, 0.1) is 12.7 Å². The molecule has 3 aromatic rings. The van der Waals surface area contributed by atoms with Gasteiger partial charge in [0.05, 0.1) is 22.4 Å². The van der Waals surface area contributed by atoms with Gasteiger partial charge in [0.2, 0.25) is 0 Å². The summed E-state index contributed by atoms with van der Waals surface area (Å²) in [6, 6.07) is 7.75. The Bertz CT molecular complexity index is 870. The summed E-state index contributed by atoms with van der Waals surface area (Å²) < 4.78 is 15.3. The van der Waals surface area contributed by atoms with E-state index in [0.717, 1.165) is 0 Å². The first-order valence-electron chi connectivity index (χ1n) is 6.42. The number of imidazole rings is 1. The van der Waals surface area contributed by atoms with E-state index in [0.29, 0.717) is 33.2 Å². The van der Waals surface area contributed by atoms with Gasteiger partial charge >= 0.3 is 0 Å². The third-order valence-electron chi connectivity index (χ3n) is 3.41. The Kier molecular flexibility index (Phi) is 3.26. The van der Waals surface area contributed by atoms with Crippen molar-refractivity contribution in [2.24, 2.45) is 0 Å². The topological polar surface area (TPSA) is 34.4 Å². The monoisotopic (exact) mass is 302 g/mol. The number of ketones is 1. The lowest BCUT2D eigenvalue weighted by molar-refractivity contribution is 0.101. The molecule has 0 aliphatic heterocycles. The van der Waals surface area contributed by atoms with Crippen LogP contribution in [0.4, 0.5) is 4.39 Å². The summed E-state index contributed by atoms with van der Waals surface area (Å²) in [7, 11) is 0. The number of nitrogens with zero attached hydrogens (tertiary/aromatic N) is 2. The molecule has 0 aliphatic carbocycles. The lowest BCUT2D eigenvalue weighted by atomic mass is 10.0. The van der Waals surface area contributed by atoms with Crippen LogP contribution in [0.5, 0.6) is 0 Å². The van der Waals surface area contributed by atoms with Crippen LogP contribution in [0.2, 0.25) is 5.02 Å². The number of benzene rings is 1. The summed E-state index contributed by atoms with van der Waals surface area (Å²) in [4.78, 5) is 16.2. The van der Waals surface area contributed by atoms with Gasteiger partial charge in [-0.25, -0.2) is 9.37 Å². The first-order valence-corrected chi connectivity index (χ1v) is 6.80. The van der Waals surface area contributed by atoms with Crippen LogP contribution in [0.15, 0.2) is 36.5 Å². The molecule has 0 N–H and O–H groups in total. The second-order valence-corrected chi connectivity index (χ2v) is 5.25. The molecule has 5 heteroatoms. The van der Waals surface area contributed by atoms with Crippen molar-refractivity contribution < 1.29 is 9.18 Å². The fraction of sp³-hybridized carbons (Fsp3) is 0.125. The van der Waals surface area contributed by atoms with Gasteiger partial charge in [-0.15, -0.1) is 0 Å². The van der Waals surface area contributed by atoms with Crippen LogP contribution >= 0.6 is 11.6 Å². The molecule has 1 aromatic carbocycles. The van der Waals surface area contributed by atoms with Crippen molar-refractivity contribution in [1.82, 2.24) is 9.38 Å². The van der Waals surface area contributed by atoms with Crippen LogP contribution in [-0.2, 0) is 0 Å². The van der Waals surface area contributed by atoms with Crippen molar-refractivity contribution in [3.63, 3.8) is 0 Å². The number of carbonyl (C=O) groups is 1. The average Bonchev–Trinajstić information content (AvgIpc) is 2.81. The fourth-order valence-corrected chi connectivity index (χ4v) is 2.72. The van der Waals surface area contributed by atoms with Crippen molar-refractivity contribution in [3.05, 3.63) is 58.8 Å². The van der Waals surface area contributed by atoms with E-state index in [2.05, 4.69) is 4.98 Å². The zero-order valence-corrected chi connectivity index (χ0v) is 12.3. The molecule has 0 bridgehead atoms. The summed E-state index contributed by atoms with van der Waals surface area (Å²) in [5, 5.41) is 0.445. The smallest absolute Gasteiger partial charge is 0.161 e. The van der Waals surface area contributed by atoms with Crippen molar-refractivity contribution in [3.8, 4) is 11.3 Å². The number of Topliss-reactive ketones (excluding diaryl/α,β-unsaturated/α-hetero) is 1. The molecule has 3 nitrogen and oxygen atoms in total. The lowest BCUT2D eigenvalue weighted by Crippen LogP contribution is -2.04.